The molecule has 0 radical (unpaired) electrons. The van der Waals surface area contributed by atoms with E-state index in [4.69, 9.17) is 14.8 Å². The Morgan fingerprint density at radius 2 is 1.80 bits per heavy atom. The summed E-state index contributed by atoms with van der Waals surface area (Å²) < 4.78 is 0. The summed E-state index contributed by atoms with van der Waals surface area (Å²) in [5, 5.41) is 3.43. The summed E-state index contributed by atoms with van der Waals surface area (Å²) in [5.41, 5.74) is -0.216. The van der Waals surface area contributed by atoms with E-state index in [1.165, 1.54) is 6.42 Å². The fourth-order valence-corrected chi connectivity index (χ4v) is 5.73. The van der Waals surface area contributed by atoms with Gasteiger partial charge in [-0.15, -0.1) is 0 Å². The number of hydrogen-bond acceptors (Lipinski definition) is 6. The minimum Gasteiger partial charge on any atom is -0.314 e. The number of hydrogen-bond donors (Lipinski definition) is 1. The number of aromatic nitrogens is 1. The minimum atomic E-state index is -0.715. The third-order valence-electron chi connectivity index (χ3n) is 7.38. The third-order valence-corrected chi connectivity index (χ3v) is 7.38. The van der Waals surface area contributed by atoms with Gasteiger partial charge in [-0.25, -0.2) is 4.79 Å². The predicted octanol–water partition coefficient (Wildman–Crippen LogP) is 3.31. The summed E-state index contributed by atoms with van der Waals surface area (Å²) in [6.07, 6.45) is 6.47. The van der Waals surface area contributed by atoms with Crippen LogP contribution in [0.3, 0.4) is 0 Å². The van der Waals surface area contributed by atoms with Gasteiger partial charge in [-0.05, 0) is 49.7 Å². The highest BCUT2D eigenvalue weighted by Crippen LogP contribution is 2.63. The Balaban J connectivity index is 1.67. The number of amides is 1. The molecule has 2 aliphatic heterocycles. The Hall–Kier alpha value is -1.70. The molecule has 7 heteroatoms. The molecule has 2 atom stereocenters. The van der Waals surface area contributed by atoms with Gasteiger partial charge < -0.3 is 10.2 Å². The first-order valence-electron chi connectivity index (χ1n) is 11.4. The molecule has 1 N–H and O–H groups in total. The van der Waals surface area contributed by atoms with Gasteiger partial charge in [0.2, 0.25) is 0 Å². The van der Waals surface area contributed by atoms with E-state index in [-0.39, 0.29) is 16.9 Å². The molecule has 0 spiro atoms. The molecular formula is C23H36N4O3. The van der Waals surface area contributed by atoms with E-state index >= 15 is 0 Å². The zero-order valence-corrected chi connectivity index (χ0v) is 18.7. The molecule has 1 saturated carbocycles. The van der Waals surface area contributed by atoms with Crippen molar-refractivity contribution in [2.24, 2.45) is 5.41 Å². The first kappa shape index (κ1) is 21.5. The minimum absolute atomic E-state index is 0.137. The summed E-state index contributed by atoms with van der Waals surface area (Å²) in [7, 11) is 0. The average molecular weight is 417 g/mol. The molecule has 30 heavy (non-hydrogen) atoms. The second kappa shape index (κ2) is 8.44. The maximum atomic E-state index is 12.8. The number of nitrogens with zero attached hydrogens (tertiary/aromatic N) is 3. The Kier molecular flexibility index (Phi) is 6.06. The first-order chi connectivity index (χ1) is 14.4. The van der Waals surface area contributed by atoms with E-state index in [1.54, 1.807) is 4.90 Å². The van der Waals surface area contributed by atoms with Crippen LogP contribution in [0, 0.1) is 5.41 Å². The number of carbonyl (C=O) groups excluding carboxylic acids is 1. The van der Waals surface area contributed by atoms with Crippen LogP contribution in [0.1, 0.15) is 58.6 Å². The van der Waals surface area contributed by atoms with Crippen LogP contribution in [-0.2, 0) is 15.2 Å². The highest BCUT2D eigenvalue weighted by Gasteiger charge is 2.71. The molecule has 4 rings (SSSR count). The Labute approximate surface area is 180 Å². The van der Waals surface area contributed by atoms with Crippen molar-refractivity contribution in [1.82, 2.24) is 20.1 Å². The van der Waals surface area contributed by atoms with E-state index in [0.717, 1.165) is 70.6 Å². The molecule has 3 heterocycles. The van der Waals surface area contributed by atoms with Gasteiger partial charge in [0.25, 0.3) is 0 Å². The van der Waals surface area contributed by atoms with Crippen LogP contribution >= 0.6 is 0 Å². The molecule has 2 unspecified atom stereocenters. The summed E-state index contributed by atoms with van der Waals surface area (Å²) in [6.45, 7) is 11.7. The number of nitrogens with one attached hydrogen (secondary N) is 1. The molecule has 0 aromatic carbocycles. The van der Waals surface area contributed by atoms with E-state index in [9.17, 15) is 4.79 Å². The predicted molar refractivity (Wildman–Crippen MR) is 115 cm³/mol. The second-order valence-electron chi connectivity index (χ2n) is 9.87. The zero-order valence-electron chi connectivity index (χ0n) is 18.7. The average Bonchev–Trinajstić information content (AvgIpc) is 2.74. The molecule has 2 saturated heterocycles. The van der Waals surface area contributed by atoms with Crippen molar-refractivity contribution in [2.45, 2.75) is 64.0 Å². The van der Waals surface area contributed by atoms with Crippen molar-refractivity contribution < 1.29 is 14.6 Å². The van der Waals surface area contributed by atoms with Crippen molar-refractivity contribution in [2.75, 3.05) is 39.3 Å². The monoisotopic (exact) mass is 416 g/mol. The van der Waals surface area contributed by atoms with Crippen LogP contribution in [0.5, 0.6) is 0 Å². The fraction of sp³-hybridized carbons (Fsp3) is 0.739. The van der Waals surface area contributed by atoms with E-state index in [1.807, 2.05) is 18.3 Å². The number of carbonyl (C=O) groups is 1. The van der Waals surface area contributed by atoms with Crippen molar-refractivity contribution in [3.63, 3.8) is 0 Å². The lowest BCUT2D eigenvalue weighted by Crippen LogP contribution is -2.76. The van der Waals surface area contributed by atoms with Crippen molar-refractivity contribution in [3.8, 4) is 0 Å². The van der Waals surface area contributed by atoms with Gasteiger partial charge in [-0.3, -0.25) is 14.8 Å². The van der Waals surface area contributed by atoms with Gasteiger partial charge in [-0.1, -0.05) is 26.8 Å². The Morgan fingerprint density at radius 1 is 1.07 bits per heavy atom. The maximum Gasteiger partial charge on any atom is 0.441 e. The Morgan fingerprint density at radius 3 is 2.37 bits per heavy atom. The third kappa shape index (κ3) is 3.51. The van der Waals surface area contributed by atoms with Gasteiger partial charge in [-0.2, -0.15) is 4.89 Å². The molecule has 166 valence electrons. The smallest absolute Gasteiger partial charge is 0.314 e. The quantitative estimate of drug-likeness (QED) is 0.600. The molecule has 3 aliphatic rings. The normalized spacial score (nSPS) is 30.6. The summed E-state index contributed by atoms with van der Waals surface area (Å²) in [4.78, 5) is 33.6. The maximum absolute atomic E-state index is 12.8. The second-order valence-corrected chi connectivity index (χ2v) is 9.87. The lowest BCUT2D eigenvalue weighted by molar-refractivity contribution is -0.421. The van der Waals surface area contributed by atoms with Crippen LogP contribution in [0.25, 0.3) is 0 Å². The van der Waals surface area contributed by atoms with E-state index in [0.29, 0.717) is 0 Å². The van der Waals surface area contributed by atoms with Crippen LogP contribution < -0.4 is 5.32 Å². The molecule has 1 aliphatic carbocycles. The highest BCUT2D eigenvalue weighted by atomic mass is 17.2. The summed E-state index contributed by atoms with van der Waals surface area (Å²) in [5.74, 6) is 0. The van der Waals surface area contributed by atoms with Gasteiger partial charge in [0.15, 0.2) is 5.72 Å². The van der Waals surface area contributed by atoms with E-state index < -0.39 is 5.72 Å². The zero-order chi connectivity index (χ0) is 21.2. The van der Waals surface area contributed by atoms with Crippen LogP contribution in [0.4, 0.5) is 4.79 Å². The SMILES string of the molecule is CC(C)(C)C1(c2ccccn2)CCC1(OOC(=O)N1CCCCC1)N1CCNCC1. The summed E-state index contributed by atoms with van der Waals surface area (Å²) in [6, 6.07) is 6.08. The molecule has 1 aromatic heterocycles. The standard InChI is InChI=1S/C23H36N4O3/c1-21(2,3)22(19-9-5-6-12-25-19)10-11-23(22,27-17-13-24-14-18-27)30-29-20(28)26-15-7-4-8-16-26/h5-6,9,12,24H,4,7-8,10-11,13-18H2,1-3H3. The molecule has 7 nitrogen and oxygen atoms in total. The van der Waals surface area contributed by atoms with Crippen LogP contribution in [0.15, 0.2) is 24.4 Å². The number of rotatable bonds is 4. The van der Waals surface area contributed by atoms with Crippen LogP contribution in [0.2, 0.25) is 0 Å². The molecular weight excluding hydrogens is 380 g/mol. The number of piperidine rings is 1. The topological polar surface area (TPSA) is 66.9 Å². The molecule has 1 amide bonds. The lowest BCUT2D eigenvalue weighted by atomic mass is 9.47. The molecule has 0 bridgehead atoms. The van der Waals surface area contributed by atoms with Crippen molar-refractivity contribution >= 4 is 6.09 Å². The van der Waals surface area contributed by atoms with Gasteiger partial charge in [0.05, 0.1) is 11.1 Å². The van der Waals surface area contributed by atoms with Crippen molar-refractivity contribution in [3.05, 3.63) is 30.1 Å². The highest BCUT2D eigenvalue weighted by molar-refractivity contribution is 5.67. The van der Waals surface area contributed by atoms with Gasteiger partial charge >= 0.3 is 6.09 Å². The largest absolute Gasteiger partial charge is 0.441 e. The van der Waals surface area contributed by atoms with Crippen LogP contribution in [-0.4, -0.2) is 65.9 Å². The molecule has 3 fully saturated rings. The fourth-order valence-electron chi connectivity index (χ4n) is 5.73. The van der Waals surface area contributed by atoms with Crippen molar-refractivity contribution in [1.29, 1.82) is 0 Å². The van der Waals surface area contributed by atoms with Gasteiger partial charge in [0, 0.05) is 45.5 Å². The van der Waals surface area contributed by atoms with E-state index in [2.05, 4.69) is 37.1 Å². The summed E-state index contributed by atoms with van der Waals surface area (Å²) >= 11 is 0. The first-order valence-corrected chi connectivity index (χ1v) is 11.4. The lowest BCUT2D eigenvalue weighted by Gasteiger charge is -2.66. The molecule has 1 aromatic rings. The van der Waals surface area contributed by atoms with Gasteiger partial charge in [0.1, 0.15) is 0 Å². The number of piperazine rings is 1. The number of pyridine rings is 1. The Bertz CT molecular complexity index is 726. The number of likely N-dealkylation sites (tertiary alicyclic amines) is 1.